The predicted octanol–water partition coefficient (Wildman–Crippen LogP) is 0.980. The van der Waals surface area contributed by atoms with Crippen molar-refractivity contribution in [2.75, 3.05) is 13.1 Å². The first kappa shape index (κ1) is 13.6. The molecule has 2 aromatic heterocycles. The summed E-state index contributed by atoms with van der Waals surface area (Å²) in [4.78, 5) is 18.8. The van der Waals surface area contributed by atoms with E-state index in [9.17, 15) is 10.1 Å². The summed E-state index contributed by atoms with van der Waals surface area (Å²) in [5, 5.41) is 17.2. The molecule has 0 amide bonds. The van der Waals surface area contributed by atoms with E-state index >= 15 is 0 Å². The molecule has 0 aromatic carbocycles. The van der Waals surface area contributed by atoms with Gasteiger partial charge in [-0.1, -0.05) is 6.07 Å². The van der Waals surface area contributed by atoms with Gasteiger partial charge in [0.2, 0.25) is 0 Å². The zero-order valence-electron chi connectivity index (χ0n) is 12.4. The zero-order chi connectivity index (χ0) is 15.8. The van der Waals surface area contributed by atoms with Crippen molar-refractivity contribution in [3.63, 3.8) is 0 Å². The van der Waals surface area contributed by atoms with E-state index in [1.165, 1.54) is 0 Å². The molecule has 0 N–H and O–H groups in total. The van der Waals surface area contributed by atoms with E-state index in [1.54, 1.807) is 18.9 Å². The molecule has 0 radical (unpaired) electrons. The van der Waals surface area contributed by atoms with Crippen molar-refractivity contribution in [1.29, 1.82) is 5.26 Å². The van der Waals surface area contributed by atoms with Gasteiger partial charge in [0.15, 0.2) is 5.78 Å². The summed E-state index contributed by atoms with van der Waals surface area (Å²) in [6, 6.07) is 6.05. The van der Waals surface area contributed by atoms with E-state index < -0.39 is 0 Å². The van der Waals surface area contributed by atoms with E-state index in [0.717, 1.165) is 24.2 Å². The molecule has 1 saturated heterocycles. The van der Waals surface area contributed by atoms with Crippen molar-refractivity contribution < 1.29 is 4.79 Å². The average Bonchev–Trinajstić information content (AvgIpc) is 3.24. The van der Waals surface area contributed by atoms with Crippen molar-refractivity contribution >= 4 is 11.5 Å². The fourth-order valence-electron chi connectivity index (χ4n) is 3.32. The van der Waals surface area contributed by atoms with Crippen LogP contribution in [0.1, 0.15) is 23.7 Å². The summed E-state index contributed by atoms with van der Waals surface area (Å²) in [6.45, 7) is 1.48. The Labute approximate surface area is 132 Å². The van der Waals surface area contributed by atoms with Crippen molar-refractivity contribution in [1.82, 2.24) is 24.6 Å². The number of aromatic nitrogens is 4. The van der Waals surface area contributed by atoms with Crippen LogP contribution in [0.15, 0.2) is 36.6 Å². The standard InChI is InChI=1S/C16H14N6O/c17-7-13-14(23)6-11-2-1-4-18-15(11)16(13)21-5-3-12(8-21)22-9-19-20-10-22/h1-2,4,9-10,12H,3,5-6,8H2/t12-/m1/s1. The van der Waals surface area contributed by atoms with Crippen LogP contribution < -0.4 is 0 Å². The van der Waals surface area contributed by atoms with E-state index in [-0.39, 0.29) is 23.8 Å². The summed E-state index contributed by atoms with van der Waals surface area (Å²) >= 11 is 0. The lowest BCUT2D eigenvalue weighted by atomic mass is 9.92. The molecule has 1 atom stereocenters. The van der Waals surface area contributed by atoms with Crippen LogP contribution in [0.3, 0.4) is 0 Å². The molecule has 1 aliphatic heterocycles. The first-order chi connectivity index (χ1) is 11.3. The SMILES string of the molecule is N#CC1=C(N2CC[C@@H](n3cnnc3)C2)c2ncccc2CC1=O. The highest BCUT2D eigenvalue weighted by Gasteiger charge is 2.34. The molecule has 114 valence electrons. The number of likely N-dealkylation sites (tertiary alicyclic amines) is 1. The Morgan fingerprint density at radius 2 is 2.13 bits per heavy atom. The largest absolute Gasteiger partial charge is 0.366 e. The molecule has 23 heavy (non-hydrogen) atoms. The Hall–Kier alpha value is -3.01. The van der Waals surface area contributed by atoms with Crippen molar-refractivity contribution in [3.05, 3.63) is 47.8 Å². The first-order valence-corrected chi connectivity index (χ1v) is 7.49. The van der Waals surface area contributed by atoms with Crippen LogP contribution in [-0.2, 0) is 11.2 Å². The van der Waals surface area contributed by atoms with E-state index in [4.69, 9.17) is 0 Å². The van der Waals surface area contributed by atoms with Crippen LogP contribution in [0.25, 0.3) is 5.70 Å². The third-order valence-corrected chi connectivity index (χ3v) is 4.43. The molecule has 1 aliphatic carbocycles. The van der Waals surface area contributed by atoms with Gasteiger partial charge in [0.05, 0.1) is 17.4 Å². The van der Waals surface area contributed by atoms with Gasteiger partial charge in [0, 0.05) is 25.7 Å². The minimum absolute atomic E-state index is 0.129. The predicted molar refractivity (Wildman–Crippen MR) is 80.7 cm³/mol. The molecule has 0 saturated carbocycles. The van der Waals surface area contributed by atoms with Gasteiger partial charge < -0.3 is 9.47 Å². The molecule has 7 nitrogen and oxygen atoms in total. The Balaban J connectivity index is 1.74. The Morgan fingerprint density at radius 3 is 2.91 bits per heavy atom. The Bertz CT molecular complexity index is 833. The number of allylic oxidation sites excluding steroid dienone is 1. The fourth-order valence-corrected chi connectivity index (χ4v) is 3.32. The minimum atomic E-state index is -0.129. The van der Waals surface area contributed by atoms with Crippen LogP contribution in [0, 0.1) is 11.3 Å². The van der Waals surface area contributed by atoms with E-state index in [0.29, 0.717) is 12.2 Å². The van der Waals surface area contributed by atoms with Gasteiger partial charge in [-0.3, -0.25) is 9.78 Å². The number of nitrogens with zero attached hydrogens (tertiary/aromatic N) is 6. The maximum Gasteiger partial charge on any atom is 0.180 e. The second-order valence-electron chi connectivity index (χ2n) is 5.74. The summed E-state index contributed by atoms with van der Waals surface area (Å²) in [5.74, 6) is -0.129. The van der Waals surface area contributed by atoms with Crippen molar-refractivity contribution in [2.24, 2.45) is 0 Å². The maximum absolute atomic E-state index is 12.3. The molecule has 1 fully saturated rings. The highest BCUT2D eigenvalue weighted by molar-refractivity contribution is 6.09. The van der Waals surface area contributed by atoms with Crippen LogP contribution in [0.4, 0.5) is 0 Å². The first-order valence-electron chi connectivity index (χ1n) is 7.49. The lowest BCUT2D eigenvalue weighted by Gasteiger charge is -2.27. The van der Waals surface area contributed by atoms with Gasteiger partial charge in [0.25, 0.3) is 0 Å². The van der Waals surface area contributed by atoms with Gasteiger partial charge in [-0.15, -0.1) is 10.2 Å². The summed E-state index contributed by atoms with van der Waals surface area (Å²) in [7, 11) is 0. The number of nitriles is 1. The number of rotatable bonds is 2. The normalized spacial score (nSPS) is 20.6. The van der Waals surface area contributed by atoms with Gasteiger partial charge in [0.1, 0.15) is 24.3 Å². The van der Waals surface area contributed by atoms with E-state index in [2.05, 4.69) is 26.2 Å². The fraction of sp³-hybridized carbons (Fsp3) is 0.312. The van der Waals surface area contributed by atoms with Crippen molar-refractivity contribution in [2.45, 2.75) is 18.9 Å². The van der Waals surface area contributed by atoms with Crippen LogP contribution in [-0.4, -0.2) is 43.5 Å². The number of hydrogen-bond acceptors (Lipinski definition) is 6. The summed E-state index contributed by atoms with van der Waals surface area (Å²) < 4.78 is 1.97. The number of carbonyl (C=O) groups is 1. The molecule has 4 rings (SSSR count). The van der Waals surface area contributed by atoms with Gasteiger partial charge >= 0.3 is 0 Å². The van der Waals surface area contributed by atoms with Crippen LogP contribution in [0.5, 0.6) is 0 Å². The van der Waals surface area contributed by atoms with Gasteiger partial charge in [-0.05, 0) is 18.1 Å². The number of fused-ring (bicyclic) bond motifs is 1. The molecular weight excluding hydrogens is 292 g/mol. The highest BCUT2D eigenvalue weighted by Crippen LogP contribution is 2.35. The Kier molecular flexibility index (Phi) is 3.15. The smallest absolute Gasteiger partial charge is 0.180 e. The van der Waals surface area contributed by atoms with Crippen molar-refractivity contribution in [3.8, 4) is 6.07 Å². The minimum Gasteiger partial charge on any atom is -0.366 e. The quantitative estimate of drug-likeness (QED) is 0.822. The maximum atomic E-state index is 12.3. The average molecular weight is 306 g/mol. The molecule has 7 heteroatoms. The molecule has 0 bridgehead atoms. The third kappa shape index (κ3) is 2.19. The molecular formula is C16H14N6O. The van der Waals surface area contributed by atoms with Gasteiger partial charge in [-0.2, -0.15) is 5.26 Å². The summed E-state index contributed by atoms with van der Waals surface area (Å²) in [6.07, 6.45) is 6.27. The lowest BCUT2D eigenvalue weighted by Crippen LogP contribution is -2.28. The van der Waals surface area contributed by atoms with Crippen LogP contribution >= 0.6 is 0 Å². The third-order valence-electron chi connectivity index (χ3n) is 4.43. The molecule has 2 aromatic rings. The number of pyridine rings is 1. The second-order valence-corrected chi connectivity index (χ2v) is 5.74. The number of hydrogen-bond donors (Lipinski definition) is 0. The van der Waals surface area contributed by atoms with Crippen LogP contribution in [0.2, 0.25) is 0 Å². The molecule has 3 heterocycles. The molecule has 0 spiro atoms. The molecule has 0 unspecified atom stereocenters. The number of ketones is 1. The zero-order valence-corrected chi connectivity index (χ0v) is 12.4. The monoisotopic (exact) mass is 306 g/mol. The second kappa shape index (κ2) is 5.32. The van der Waals surface area contributed by atoms with Gasteiger partial charge in [-0.25, -0.2) is 0 Å². The number of Topliss-reactive ketones (excluding diaryl/α,β-unsaturated/α-hetero) is 1. The Morgan fingerprint density at radius 1 is 1.30 bits per heavy atom. The molecule has 2 aliphatic rings. The summed E-state index contributed by atoms with van der Waals surface area (Å²) in [5.41, 5.74) is 2.54. The van der Waals surface area contributed by atoms with E-state index in [1.807, 2.05) is 16.7 Å². The number of carbonyl (C=O) groups excluding carboxylic acids is 1. The topological polar surface area (TPSA) is 87.7 Å². The lowest BCUT2D eigenvalue weighted by molar-refractivity contribution is -0.114. The highest BCUT2D eigenvalue weighted by atomic mass is 16.1.